The smallest absolute Gasteiger partial charge is 0.0247 e. The maximum Gasteiger partial charge on any atom is 0.0247 e. The van der Waals surface area contributed by atoms with Gasteiger partial charge in [-0.15, -0.1) is 0 Å². The zero-order valence-electron chi connectivity index (χ0n) is 13.9. The summed E-state index contributed by atoms with van der Waals surface area (Å²) in [6, 6.07) is 2.40. The van der Waals surface area contributed by atoms with E-state index in [1.807, 2.05) is 0 Å². The fraction of sp³-hybridized carbons (Fsp3) is 1.00. The van der Waals surface area contributed by atoms with Crippen LogP contribution >= 0.6 is 0 Å². The highest BCUT2D eigenvalue weighted by atomic mass is 15.3. The fourth-order valence-electron chi connectivity index (χ4n) is 4.84. The molecular weight excluding hydrogens is 244 g/mol. The van der Waals surface area contributed by atoms with E-state index >= 15 is 0 Å². The first-order valence-corrected chi connectivity index (χ1v) is 9.03. The van der Waals surface area contributed by atoms with Crippen molar-refractivity contribution in [3.05, 3.63) is 0 Å². The molecule has 4 atom stereocenters. The predicted octanol–water partition coefficient (Wildman–Crippen LogP) is 3.52. The van der Waals surface area contributed by atoms with Gasteiger partial charge in [-0.3, -0.25) is 4.90 Å². The normalized spacial score (nSPS) is 44.0. The SMILES string of the molecule is CC1CC(C)CC(N2CC(C3CC3)NCC2C(C)C)C1. The molecule has 0 amide bonds. The Morgan fingerprint density at radius 2 is 1.65 bits per heavy atom. The van der Waals surface area contributed by atoms with Gasteiger partial charge >= 0.3 is 0 Å². The molecule has 1 heterocycles. The third-order valence-corrected chi connectivity index (χ3v) is 6.01. The number of rotatable bonds is 3. The van der Waals surface area contributed by atoms with Crippen LogP contribution in [-0.4, -0.2) is 36.1 Å². The van der Waals surface area contributed by atoms with Crippen LogP contribution < -0.4 is 5.32 Å². The van der Waals surface area contributed by atoms with Crippen molar-refractivity contribution >= 4 is 0 Å². The molecule has 0 radical (unpaired) electrons. The predicted molar refractivity (Wildman–Crippen MR) is 85.8 cm³/mol. The van der Waals surface area contributed by atoms with Crippen molar-refractivity contribution < 1.29 is 0 Å². The molecule has 1 N–H and O–H groups in total. The molecule has 1 saturated heterocycles. The van der Waals surface area contributed by atoms with Crippen LogP contribution in [0, 0.1) is 23.7 Å². The number of nitrogens with one attached hydrogen (secondary N) is 1. The van der Waals surface area contributed by atoms with Crippen LogP contribution in [0.15, 0.2) is 0 Å². The molecule has 0 spiro atoms. The van der Waals surface area contributed by atoms with Gasteiger partial charge in [-0.2, -0.15) is 0 Å². The Bertz CT molecular complexity index is 313. The lowest BCUT2D eigenvalue weighted by Crippen LogP contribution is -2.62. The number of nitrogens with zero attached hydrogens (tertiary/aromatic N) is 1. The molecule has 3 rings (SSSR count). The van der Waals surface area contributed by atoms with E-state index in [0.29, 0.717) is 0 Å². The molecule has 2 heteroatoms. The number of piperazine rings is 1. The summed E-state index contributed by atoms with van der Waals surface area (Å²) in [6.45, 7) is 12.3. The zero-order valence-corrected chi connectivity index (χ0v) is 13.9. The van der Waals surface area contributed by atoms with Gasteiger partial charge in [0.1, 0.15) is 0 Å². The van der Waals surface area contributed by atoms with Gasteiger partial charge in [0.2, 0.25) is 0 Å². The minimum Gasteiger partial charge on any atom is -0.311 e. The molecule has 3 fully saturated rings. The monoisotopic (exact) mass is 278 g/mol. The summed E-state index contributed by atoms with van der Waals surface area (Å²) in [5, 5.41) is 3.86. The van der Waals surface area contributed by atoms with Gasteiger partial charge in [-0.25, -0.2) is 0 Å². The Balaban J connectivity index is 1.70. The van der Waals surface area contributed by atoms with Gasteiger partial charge in [0.05, 0.1) is 0 Å². The summed E-state index contributed by atoms with van der Waals surface area (Å²) in [4.78, 5) is 2.93. The van der Waals surface area contributed by atoms with Crippen LogP contribution in [0.3, 0.4) is 0 Å². The first-order valence-electron chi connectivity index (χ1n) is 9.03. The minimum absolute atomic E-state index is 0.757. The van der Waals surface area contributed by atoms with E-state index in [0.717, 1.165) is 41.8 Å². The minimum atomic E-state index is 0.757. The van der Waals surface area contributed by atoms with Crippen LogP contribution in [0.25, 0.3) is 0 Å². The molecule has 0 aromatic heterocycles. The lowest BCUT2D eigenvalue weighted by atomic mass is 9.78. The van der Waals surface area contributed by atoms with Gasteiger partial charge < -0.3 is 5.32 Å². The summed E-state index contributed by atoms with van der Waals surface area (Å²) < 4.78 is 0. The van der Waals surface area contributed by atoms with E-state index in [1.54, 1.807) is 0 Å². The molecule has 0 bridgehead atoms. The van der Waals surface area contributed by atoms with Gasteiger partial charge in [0.25, 0.3) is 0 Å². The lowest BCUT2D eigenvalue weighted by molar-refractivity contribution is 0.0164. The van der Waals surface area contributed by atoms with E-state index in [2.05, 4.69) is 37.9 Å². The van der Waals surface area contributed by atoms with Gasteiger partial charge in [-0.05, 0) is 55.8 Å². The molecule has 0 aromatic rings. The van der Waals surface area contributed by atoms with E-state index in [1.165, 1.54) is 45.2 Å². The first kappa shape index (κ1) is 14.8. The summed E-state index contributed by atoms with van der Waals surface area (Å²) >= 11 is 0. The highest BCUT2D eigenvalue weighted by Crippen LogP contribution is 2.38. The average molecular weight is 278 g/mol. The topological polar surface area (TPSA) is 15.3 Å². The molecule has 4 unspecified atom stereocenters. The summed E-state index contributed by atoms with van der Waals surface area (Å²) in [7, 11) is 0. The molecule has 116 valence electrons. The van der Waals surface area contributed by atoms with Crippen molar-refractivity contribution in [2.45, 2.75) is 77.9 Å². The Kier molecular flexibility index (Phi) is 4.42. The number of hydrogen-bond donors (Lipinski definition) is 1. The Morgan fingerprint density at radius 3 is 2.20 bits per heavy atom. The van der Waals surface area contributed by atoms with E-state index in [9.17, 15) is 0 Å². The van der Waals surface area contributed by atoms with Crippen LogP contribution in [-0.2, 0) is 0 Å². The standard InChI is InChI=1S/C18H34N2/c1-12(2)18-10-19-17(15-5-6-15)11-20(18)16-8-13(3)7-14(4)9-16/h12-19H,5-11H2,1-4H3. The van der Waals surface area contributed by atoms with Crippen molar-refractivity contribution in [1.82, 2.24) is 10.2 Å². The van der Waals surface area contributed by atoms with Crippen molar-refractivity contribution in [3.63, 3.8) is 0 Å². The summed E-state index contributed by atoms with van der Waals surface area (Å²) in [5.74, 6) is 3.61. The average Bonchev–Trinajstić information content (AvgIpc) is 3.21. The lowest BCUT2D eigenvalue weighted by Gasteiger charge is -2.49. The molecule has 2 nitrogen and oxygen atoms in total. The quantitative estimate of drug-likeness (QED) is 0.850. The first-order chi connectivity index (χ1) is 9.54. The van der Waals surface area contributed by atoms with Crippen LogP contribution in [0.4, 0.5) is 0 Å². The summed E-state index contributed by atoms with van der Waals surface area (Å²) in [6.07, 6.45) is 7.25. The van der Waals surface area contributed by atoms with E-state index in [4.69, 9.17) is 0 Å². The van der Waals surface area contributed by atoms with Crippen molar-refractivity contribution in [3.8, 4) is 0 Å². The third kappa shape index (κ3) is 3.22. The van der Waals surface area contributed by atoms with Crippen LogP contribution in [0.5, 0.6) is 0 Å². The molecule has 1 aliphatic heterocycles. The van der Waals surface area contributed by atoms with E-state index in [-0.39, 0.29) is 0 Å². The van der Waals surface area contributed by atoms with Crippen molar-refractivity contribution in [2.24, 2.45) is 23.7 Å². The largest absolute Gasteiger partial charge is 0.311 e. The van der Waals surface area contributed by atoms with Crippen molar-refractivity contribution in [1.29, 1.82) is 0 Å². The second-order valence-corrected chi connectivity index (χ2v) is 8.43. The molecule has 0 aromatic carbocycles. The van der Waals surface area contributed by atoms with E-state index < -0.39 is 0 Å². The fourth-order valence-corrected chi connectivity index (χ4v) is 4.84. The Morgan fingerprint density at radius 1 is 1.00 bits per heavy atom. The Labute approximate surface area is 125 Å². The summed E-state index contributed by atoms with van der Waals surface area (Å²) in [5.41, 5.74) is 0. The molecular formula is C18H34N2. The van der Waals surface area contributed by atoms with Gasteiger partial charge in [0, 0.05) is 31.2 Å². The molecule has 3 aliphatic rings. The van der Waals surface area contributed by atoms with Crippen molar-refractivity contribution in [2.75, 3.05) is 13.1 Å². The van der Waals surface area contributed by atoms with Gasteiger partial charge in [-0.1, -0.05) is 27.7 Å². The maximum atomic E-state index is 3.86. The second kappa shape index (κ2) is 5.96. The third-order valence-electron chi connectivity index (χ3n) is 6.01. The van der Waals surface area contributed by atoms with Crippen LogP contribution in [0.2, 0.25) is 0 Å². The highest BCUT2D eigenvalue weighted by molar-refractivity contribution is 4.98. The second-order valence-electron chi connectivity index (χ2n) is 8.43. The zero-order chi connectivity index (χ0) is 14.3. The Hall–Kier alpha value is -0.0800. The highest BCUT2D eigenvalue weighted by Gasteiger charge is 2.41. The molecule has 2 aliphatic carbocycles. The maximum absolute atomic E-state index is 3.86. The molecule has 20 heavy (non-hydrogen) atoms. The molecule has 2 saturated carbocycles. The number of hydrogen-bond acceptors (Lipinski definition) is 2. The van der Waals surface area contributed by atoms with Crippen LogP contribution in [0.1, 0.15) is 59.8 Å². The van der Waals surface area contributed by atoms with Gasteiger partial charge in [0.15, 0.2) is 0 Å².